The molecule has 0 spiro atoms. The van der Waals surface area contributed by atoms with Crippen LogP contribution in [-0.4, -0.2) is 52.2 Å². The third kappa shape index (κ3) is 5.09. The Hall–Kier alpha value is -3.74. The zero-order chi connectivity index (χ0) is 24.3. The number of nitrogens with zero attached hydrogens (tertiary/aromatic N) is 3. The van der Waals surface area contributed by atoms with Crippen molar-refractivity contribution in [3.63, 3.8) is 0 Å². The predicted octanol–water partition coefficient (Wildman–Crippen LogP) is 4.61. The van der Waals surface area contributed by atoms with Crippen LogP contribution < -0.4 is 0 Å². The number of hydrogen-bond donors (Lipinski definition) is 0. The van der Waals surface area contributed by atoms with Crippen LogP contribution in [0, 0.1) is 0 Å². The molecular weight excluding hydrogens is 430 g/mol. The Kier molecular flexibility index (Phi) is 6.63. The van der Waals surface area contributed by atoms with Crippen molar-refractivity contribution in [1.29, 1.82) is 0 Å². The highest BCUT2D eigenvalue weighted by molar-refractivity contribution is 5.82. The average Bonchev–Trinajstić information content (AvgIpc) is 3.14. The maximum atomic E-state index is 13.1. The first-order valence-electron chi connectivity index (χ1n) is 11.3. The number of amides is 1. The lowest BCUT2D eigenvalue weighted by atomic mass is 9.98. The van der Waals surface area contributed by atoms with Crippen LogP contribution >= 0.6 is 0 Å². The monoisotopic (exact) mass is 459 g/mol. The molecule has 1 atom stereocenters. The SMILES string of the molecule is CN(C(=O)OCC1c2ccccc2-c2ccccc21)C(Cc1cncnc1)C(=O)OC(C)(C)C. The van der Waals surface area contributed by atoms with Crippen LogP contribution in [0.1, 0.15) is 43.4 Å². The summed E-state index contributed by atoms with van der Waals surface area (Å²) >= 11 is 0. The second kappa shape index (κ2) is 9.63. The fourth-order valence-electron chi connectivity index (χ4n) is 4.23. The van der Waals surface area contributed by atoms with Gasteiger partial charge < -0.3 is 9.47 Å². The van der Waals surface area contributed by atoms with E-state index < -0.39 is 23.7 Å². The van der Waals surface area contributed by atoms with E-state index in [1.54, 1.807) is 40.2 Å². The Labute approximate surface area is 199 Å². The van der Waals surface area contributed by atoms with Gasteiger partial charge in [0.05, 0.1) is 0 Å². The Balaban J connectivity index is 1.51. The standard InChI is InChI=1S/C27H29N3O4/c1-27(2,3)34-25(31)24(13-18-14-28-17-29-15-18)30(4)26(32)33-16-23-21-11-7-5-9-19(21)20-10-6-8-12-22(20)23/h5-12,14-15,17,23-24H,13,16H2,1-4H3. The summed E-state index contributed by atoms with van der Waals surface area (Å²) in [6.45, 7) is 5.55. The van der Waals surface area contributed by atoms with Gasteiger partial charge >= 0.3 is 12.1 Å². The van der Waals surface area contributed by atoms with E-state index in [-0.39, 0.29) is 18.9 Å². The van der Waals surface area contributed by atoms with Crippen molar-refractivity contribution < 1.29 is 19.1 Å². The van der Waals surface area contributed by atoms with E-state index >= 15 is 0 Å². The van der Waals surface area contributed by atoms with Crippen molar-refractivity contribution in [3.8, 4) is 11.1 Å². The van der Waals surface area contributed by atoms with Crippen molar-refractivity contribution in [3.05, 3.63) is 83.9 Å². The molecule has 1 amide bonds. The van der Waals surface area contributed by atoms with Crippen molar-refractivity contribution in [2.75, 3.05) is 13.7 Å². The first-order valence-corrected chi connectivity index (χ1v) is 11.3. The van der Waals surface area contributed by atoms with Crippen LogP contribution in [0.3, 0.4) is 0 Å². The second-order valence-electron chi connectivity index (χ2n) is 9.42. The molecule has 0 saturated carbocycles. The summed E-state index contributed by atoms with van der Waals surface area (Å²) in [4.78, 5) is 35.4. The molecule has 3 aromatic rings. The molecule has 1 aromatic heterocycles. The molecule has 4 rings (SSSR count). The minimum atomic E-state index is -0.874. The van der Waals surface area contributed by atoms with Gasteiger partial charge in [0, 0.05) is 31.8 Å². The zero-order valence-electron chi connectivity index (χ0n) is 19.9. The van der Waals surface area contributed by atoms with Gasteiger partial charge in [0.2, 0.25) is 0 Å². The normalized spacial score (nSPS) is 13.5. The number of aromatic nitrogens is 2. The van der Waals surface area contributed by atoms with E-state index in [1.807, 2.05) is 24.3 Å². The largest absolute Gasteiger partial charge is 0.458 e. The summed E-state index contributed by atoms with van der Waals surface area (Å²) in [6, 6.07) is 15.4. The molecule has 1 aliphatic carbocycles. The van der Waals surface area contributed by atoms with E-state index in [0.717, 1.165) is 27.8 Å². The van der Waals surface area contributed by atoms with Gasteiger partial charge in [-0.05, 0) is 48.6 Å². The van der Waals surface area contributed by atoms with Gasteiger partial charge in [0.15, 0.2) is 0 Å². The van der Waals surface area contributed by atoms with Crippen molar-refractivity contribution >= 4 is 12.1 Å². The summed E-state index contributed by atoms with van der Waals surface area (Å²) < 4.78 is 11.3. The van der Waals surface area contributed by atoms with Gasteiger partial charge in [-0.15, -0.1) is 0 Å². The summed E-state index contributed by atoms with van der Waals surface area (Å²) in [6.07, 6.45) is 4.29. The van der Waals surface area contributed by atoms with Crippen LogP contribution in [0.2, 0.25) is 0 Å². The van der Waals surface area contributed by atoms with Gasteiger partial charge in [-0.3, -0.25) is 4.90 Å². The minimum Gasteiger partial charge on any atom is -0.458 e. The number of carbonyl (C=O) groups excluding carboxylic acids is 2. The Morgan fingerprint density at radius 1 is 0.971 bits per heavy atom. The molecule has 0 aliphatic heterocycles. The molecule has 0 saturated heterocycles. The molecule has 2 aromatic carbocycles. The van der Waals surface area contributed by atoms with Gasteiger partial charge in [0.25, 0.3) is 0 Å². The highest BCUT2D eigenvalue weighted by Gasteiger charge is 2.34. The minimum absolute atomic E-state index is 0.0627. The molecule has 1 unspecified atom stereocenters. The highest BCUT2D eigenvalue weighted by Crippen LogP contribution is 2.44. The van der Waals surface area contributed by atoms with E-state index in [4.69, 9.17) is 9.47 Å². The maximum Gasteiger partial charge on any atom is 0.410 e. The number of rotatable bonds is 6. The van der Waals surface area contributed by atoms with Crippen LogP contribution in [-0.2, 0) is 20.7 Å². The number of hydrogen-bond acceptors (Lipinski definition) is 6. The number of benzene rings is 2. The number of fused-ring (bicyclic) bond motifs is 3. The zero-order valence-corrected chi connectivity index (χ0v) is 19.9. The van der Waals surface area contributed by atoms with Crippen LogP contribution in [0.15, 0.2) is 67.3 Å². The number of ether oxygens (including phenoxy) is 2. The molecule has 1 heterocycles. The molecule has 0 N–H and O–H groups in total. The van der Waals surface area contributed by atoms with Gasteiger partial charge in [-0.25, -0.2) is 19.6 Å². The lowest BCUT2D eigenvalue weighted by Gasteiger charge is -2.29. The van der Waals surface area contributed by atoms with Crippen molar-refractivity contribution in [1.82, 2.24) is 14.9 Å². The molecule has 34 heavy (non-hydrogen) atoms. The van der Waals surface area contributed by atoms with Gasteiger partial charge in [0.1, 0.15) is 24.6 Å². The third-order valence-corrected chi connectivity index (χ3v) is 5.81. The lowest BCUT2D eigenvalue weighted by molar-refractivity contribution is -0.160. The molecule has 176 valence electrons. The third-order valence-electron chi connectivity index (χ3n) is 5.81. The average molecular weight is 460 g/mol. The van der Waals surface area contributed by atoms with E-state index in [2.05, 4.69) is 34.2 Å². The summed E-state index contributed by atoms with van der Waals surface area (Å²) in [5, 5.41) is 0. The molecule has 0 fully saturated rings. The molecule has 0 bridgehead atoms. The molecule has 7 heteroatoms. The molecular formula is C27H29N3O4. The Morgan fingerprint density at radius 3 is 2.09 bits per heavy atom. The number of likely N-dealkylation sites (N-methyl/N-ethyl adjacent to an activating group) is 1. The molecule has 0 radical (unpaired) electrons. The second-order valence-corrected chi connectivity index (χ2v) is 9.42. The predicted molar refractivity (Wildman–Crippen MR) is 128 cm³/mol. The first kappa shape index (κ1) is 23.4. The van der Waals surface area contributed by atoms with Crippen molar-refractivity contribution in [2.24, 2.45) is 0 Å². The number of carbonyl (C=O) groups is 2. The first-order chi connectivity index (χ1) is 16.2. The van der Waals surface area contributed by atoms with Crippen LogP contribution in [0.4, 0.5) is 4.79 Å². The summed E-state index contributed by atoms with van der Waals surface area (Å²) in [5.41, 5.74) is 4.60. The van der Waals surface area contributed by atoms with Crippen LogP contribution in [0.5, 0.6) is 0 Å². The van der Waals surface area contributed by atoms with Gasteiger partial charge in [-0.2, -0.15) is 0 Å². The smallest absolute Gasteiger partial charge is 0.410 e. The van der Waals surface area contributed by atoms with E-state index in [0.29, 0.717) is 0 Å². The molecule has 7 nitrogen and oxygen atoms in total. The van der Waals surface area contributed by atoms with Crippen LogP contribution in [0.25, 0.3) is 11.1 Å². The molecule has 1 aliphatic rings. The van der Waals surface area contributed by atoms with Gasteiger partial charge in [-0.1, -0.05) is 48.5 Å². The Morgan fingerprint density at radius 2 is 1.53 bits per heavy atom. The van der Waals surface area contributed by atoms with E-state index in [9.17, 15) is 9.59 Å². The maximum absolute atomic E-state index is 13.1. The van der Waals surface area contributed by atoms with Crippen molar-refractivity contribution in [2.45, 2.75) is 44.8 Å². The fraction of sp³-hybridized carbons (Fsp3) is 0.333. The topological polar surface area (TPSA) is 81.6 Å². The number of esters is 1. The van der Waals surface area contributed by atoms with E-state index in [1.165, 1.54) is 11.2 Å². The quantitative estimate of drug-likeness (QED) is 0.501. The summed E-state index contributed by atoms with van der Waals surface area (Å²) in [7, 11) is 1.55. The Bertz CT molecular complexity index is 1130. The summed E-state index contributed by atoms with van der Waals surface area (Å²) in [5.74, 6) is -0.570. The lowest BCUT2D eigenvalue weighted by Crippen LogP contribution is -2.47. The fourth-order valence-corrected chi connectivity index (χ4v) is 4.23. The highest BCUT2D eigenvalue weighted by atomic mass is 16.6.